The number of halogens is 3. The third kappa shape index (κ3) is 3.82. The summed E-state index contributed by atoms with van der Waals surface area (Å²) in [4.78, 5) is 0. The largest absolute Gasteiger partial charge is 0.207 e. The van der Waals surface area contributed by atoms with Gasteiger partial charge in [-0.3, -0.25) is 0 Å². The fourth-order valence-electron chi connectivity index (χ4n) is 4.28. The molecule has 0 spiro atoms. The molecule has 0 atom stereocenters. The Labute approximate surface area is 154 Å². The predicted molar refractivity (Wildman–Crippen MR) is 101 cm³/mol. The lowest BCUT2D eigenvalue weighted by Gasteiger charge is -2.29. The molecule has 0 bridgehead atoms. The normalized spacial score (nSPS) is 20.3. The van der Waals surface area contributed by atoms with Gasteiger partial charge >= 0.3 is 0 Å². The number of aryl methyl sites for hydroxylation is 1. The summed E-state index contributed by atoms with van der Waals surface area (Å²) in [7, 11) is 0. The fourth-order valence-corrected chi connectivity index (χ4v) is 4.28. The molecule has 3 rings (SSSR count). The second-order valence-corrected chi connectivity index (χ2v) is 7.50. The highest BCUT2D eigenvalue weighted by Crippen LogP contribution is 2.39. The van der Waals surface area contributed by atoms with Crippen molar-refractivity contribution in [1.29, 1.82) is 0 Å². The van der Waals surface area contributed by atoms with Crippen molar-refractivity contribution >= 4 is 0 Å². The Bertz CT molecular complexity index is 758. The van der Waals surface area contributed by atoms with E-state index in [0.29, 0.717) is 17.5 Å². The maximum atomic E-state index is 14.7. The van der Waals surface area contributed by atoms with Crippen molar-refractivity contribution in [2.45, 2.75) is 64.7 Å². The lowest BCUT2D eigenvalue weighted by Crippen LogP contribution is -2.14. The Hall–Kier alpha value is -1.77. The summed E-state index contributed by atoms with van der Waals surface area (Å²) in [6.45, 7) is 3.99. The average molecular weight is 360 g/mol. The van der Waals surface area contributed by atoms with Gasteiger partial charge in [-0.05, 0) is 66.7 Å². The van der Waals surface area contributed by atoms with E-state index in [-0.39, 0.29) is 17.3 Å². The van der Waals surface area contributed by atoms with Gasteiger partial charge in [-0.1, -0.05) is 51.0 Å². The molecule has 140 valence electrons. The van der Waals surface area contributed by atoms with Crippen LogP contribution in [0.3, 0.4) is 0 Å². The van der Waals surface area contributed by atoms with Crippen LogP contribution in [0, 0.1) is 23.4 Å². The van der Waals surface area contributed by atoms with E-state index < -0.39 is 11.6 Å². The summed E-state index contributed by atoms with van der Waals surface area (Å²) >= 11 is 0. The molecular formula is C23H27F3. The molecule has 0 N–H and O–H groups in total. The van der Waals surface area contributed by atoms with E-state index in [2.05, 4.69) is 6.92 Å². The Morgan fingerprint density at radius 1 is 0.885 bits per heavy atom. The van der Waals surface area contributed by atoms with Crippen molar-refractivity contribution in [3.8, 4) is 11.1 Å². The molecule has 1 fully saturated rings. The minimum Gasteiger partial charge on any atom is -0.207 e. The van der Waals surface area contributed by atoms with Gasteiger partial charge in [-0.25, -0.2) is 13.2 Å². The lowest BCUT2D eigenvalue weighted by molar-refractivity contribution is 0.304. The Kier molecular flexibility index (Phi) is 6.05. The highest BCUT2D eigenvalue weighted by molar-refractivity contribution is 5.65. The van der Waals surface area contributed by atoms with Crippen molar-refractivity contribution in [2.24, 2.45) is 5.92 Å². The van der Waals surface area contributed by atoms with E-state index in [1.807, 2.05) is 0 Å². The molecule has 2 aromatic carbocycles. The predicted octanol–water partition coefficient (Wildman–Crippen LogP) is 7.41. The molecular weight excluding hydrogens is 333 g/mol. The molecule has 0 radical (unpaired) electrons. The molecule has 1 aliphatic rings. The van der Waals surface area contributed by atoms with Crippen molar-refractivity contribution < 1.29 is 13.2 Å². The van der Waals surface area contributed by atoms with Crippen LogP contribution < -0.4 is 0 Å². The van der Waals surface area contributed by atoms with Crippen LogP contribution in [0.15, 0.2) is 30.3 Å². The zero-order valence-corrected chi connectivity index (χ0v) is 15.6. The quantitative estimate of drug-likeness (QED) is 0.521. The summed E-state index contributed by atoms with van der Waals surface area (Å²) in [5.41, 5.74) is 1.57. The van der Waals surface area contributed by atoms with E-state index in [1.54, 1.807) is 31.2 Å². The first-order chi connectivity index (χ1) is 12.5. The van der Waals surface area contributed by atoms with Crippen molar-refractivity contribution in [3.63, 3.8) is 0 Å². The minimum absolute atomic E-state index is 0.122. The maximum Gasteiger partial charge on any atom is 0.166 e. The number of hydrogen-bond donors (Lipinski definition) is 0. The van der Waals surface area contributed by atoms with Crippen LogP contribution in [0.1, 0.15) is 69.4 Å². The first kappa shape index (κ1) is 19.0. The summed E-state index contributed by atoms with van der Waals surface area (Å²) in [5.74, 6) is -1.02. The summed E-state index contributed by atoms with van der Waals surface area (Å²) in [6, 6.07) is 7.97. The minimum atomic E-state index is -0.892. The van der Waals surface area contributed by atoms with E-state index in [9.17, 15) is 13.2 Å². The van der Waals surface area contributed by atoms with Gasteiger partial charge in [0.25, 0.3) is 0 Å². The van der Waals surface area contributed by atoms with Crippen LogP contribution in [0.25, 0.3) is 11.1 Å². The van der Waals surface area contributed by atoms with Crippen LogP contribution in [0.2, 0.25) is 0 Å². The number of hydrogen-bond acceptors (Lipinski definition) is 0. The first-order valence-corrected chi connectivity index (χ1v) is 9.81. The molecule has 26 heavy (non-hydrogen) atoms. The molecule has 0 amide bonds. The van der Waals surface area contributed by atoms with Gasteiger partial charge < -0.3 is 0 Å². The van der Waals surface area contributed by atoms with E-state index >= 15 is 0 Å². The van der Waals surface area contributed by atoms with Crippen LogP contribution in [-0.2, 0) is 6.42 Å². The summed E-state index contributed by atoms with van der Waals surface area (Å²) < 4.78 is 43.1. The molecule has 0 unspecified atom stereocenters. The summed E-state index contributed by atoms with van der Waals surface area (Å²) in [5, 5.41) is 0. The number of rotatable bonds is 5. The first-order valence-electron chi connectivity index (χ1n) is 9.81. The molecule has 0 heterocycles. The second kappa shape index (κ2) is 8.28. The zero-order valence-electron chi connectivity index (χ0n) is 15.6. The van der Waals surface area contributed by atoms with Gasteiger partial charge in [0.15, 0.2) is 11.6 Å². The summed E-state index contributed by atoms with van der Waals surface area (Å²) in [6.07, 6.45) is 7.21. The van der Waals surface area contributed by atoms with Gasteiger partial charge in [0.1, 0.15) is 5.82 Å². The zero-order chi connectivity index (χ0) is 18.7. The smallest absolute Gasteiger partial charge is 0.166 e. The van der Waals surface area contributed by atoms with Crippen LogP contribution >= 0.6 is 0 Å². The second-order valence-electron chi connectivity index (χ2n) is 7.50. The van der Waals surface area contributed by atoms with Gasteiger partial charge in [0.2, 0.25) is 0 Å². The van der Waals surface area contributed by atoms with E-state index in [0.717, 1.165) is 37.2 Å². The molecule has 1 aliphatic carbocycles. The average Bonchev–Trinajstić information content (AvgIpc) is 2.65. The topological polar surface area (TPSA) is 0 Å². The van der Waals surface area contributed by atoms with Gasteiger partial charge in [0.05, 0.1) is 0 Å². The van der Waals surface area contributed by atoms with Crippen molar-refractivity contribution in [3.05, 3.63) is 58.9 Å². The Morgan fingerprint density at radius 3 is 2.23 bits per heavy atom. The standard InChI is InChI=1S/C23H27F3/c1-3-5-15-6-8-17(9-7-15)19-12-11-18(14-21(19)24)20-13-10-16(4-2)22(25)23(20)26/h10-15,17H,3-9H2,1-2H3. The third-order valence-corrected chi connectivity index (χ3v) is 5.84. The Balaban J connectivity index is 1.82. The maximum absolute atomic E-state index is 14.7. The molecule has 0 aromatic heterocycles. The Morgan fingerprint density at radius 2 is 1.62 bits per heavy atom. The fraction of sp³-hybridized carbons (Fsp3) is 0.478. The highest BCUT2D eigenvalue weighted by atomic mass is 19.2. The SMILES string of the molecule is CCCC1CCC(c2ccc(-c3ccc(CC)c(F)c3F)cc2F)CC1. The molecule has 0 aliphatic heterocycles. The lowest BCUT2D eigenvalue weighted by atomic mass is 9.77. The third-order valence-electron chi connectivity index (χ3n) is 5.84. The monoisotopic (exact) mass is 360 g/mol. The highest BCUT2D eigenvalue weighted by Gasteiger charge is 2.24. The van der Waals surface area contributed by atoms with Gasteiger partial charge in [-0.15, -0.1) is 0 Å². The van der Waals surface area contributed by atoms with Gasteiger partial charge in [0, 0.05) is 5.56 Å². The molecule has 1 saturated carbocycles. The van der Waals surface area contributed by atoms with Crippen LogP contribution in [0.5, 0.6) is 0 Å². The van der Waals surface area contributed by atoms with Gasteiger partial charge in [-0.2, -0.15) is 0 Å². The van der Waals surface area contributed by atoms with Crippen LogP contribution in [0.4, 0.5) is 13.2 Å². The molecule has 2 aromatic rings. The van der Waals surface area contributed by atoms with Crippen molar-refractivity contribution in [1.82, 2.24) is 0 Å². The van der Waals surface area contributed by atoms with Crippen molar-refractivity contribution in [2.75, 3.05) is 0 Å². The molecule has 0 nitrogen and oxygen atoms in total. The molecule has 3 heteroatoms. The molecule has 0 saturated heterocycles. The van der Waals surface area contributed by atoms with Crippen LogP contribution in [-0.4, -0.2) is 0 Å². The van der Waals surface area contributed by atoms with E-state index in [4.69, 9.17) is 0 Å². The number of benzene rings is 2. The van der Waals surface area contributed by atoms with E-state index in [1.165, 1.54) is 18.9 Å².